The highest BCUT2D eigenvalue weighted by Gasteiger charge is 2.35. The Morgan fingerprint density at radius 2 is 1.80 bits per heavy atom. The first-order chi connectivity index (χ1) is 14.5. The van der Waals surface area contributed by atoms with Crippen LogP contribution in [0.1, 0.15) is 24.0 Å². The van der Waals surface area contributed by atoms with Gasteiger partial charge in [-0.05, 0) is 43.5 Å². The van der Waals surface area contributed by atoms with E-state index in [1.807, 2.05) is 12.1 Å². The summed E-state index contributed by atoms with van der Waals surface area (Å²) in [6, 6.07) is 10.9. The molecule has 1 aliphatic rings. The van der Waals surface area contributed by atoms with E-state index in [9.17, 15) is 13.2 Å². The minimum atomic E-state index is -4.49. The lowest BCUT2D eigenvalue weighted by molar-refractivity contribution is -0.137. The van der Waals surface area contributed by atoms with Gasteiger partial charge in [-0.15, -0.1) is 0 Å². The number of para-hydroxylation sites is 2. The topological polar surface area (TPSA) is 48.3 Å². The van der Waals surface area contributed by atoms with E-state index < -0.39 is 11.7 Å². The fourth-order valence-corrected chi connectivity index (χ4v) is 3.86. The Bertz CT molecular complexity index is 1060. The van der Waals surface area contributed by atoms with Crippen molar-refractivity contribution in [1.82, 2.24) is 9.78 Å². The van der Waals surface area contributed by atoms with Gasteiger partial charge in [-0.1, -0.05) is 18.2 Å². The Hall–Kier alpha value is -3.16. The van der Waals surface area contributed by atoms with Crippen molar-refractivity contribution < 1.29 is 22.6 Å². The zero-order valence-corrected chi connectivity index (χ0v) is 16.7. The molecule has 5 nitrogen and oxygen atoms in total. The fourth-order valence-electron chi connectivity index (χ4n) is 3.86. The summed E-state index contributed by atoms with van der Waals surface area (Å²) in [6.07, 6.45) is -1.96. The number of fused-ring (bicyclic) bond motifs is 1. The van der Waals surface area contributed by atoms with Crippen molar-refractivity contribution in [3.05, 3.63) is 53.6 Å². The maximum atomic E-state index is 13.7. The third kappa shape index (κ3) is 3.46. The molecule has 0 atom stereocenters. The van der Waals surface area contributed by atoms with Crippen LogP contribution in [0.25, 0.3) is 16.9 Å². The van der Waals surface area contributed by atoms with E-state index in [1.165, 1.54) is 23.9 Å². The molecule has 0 saturated heterocycles. The standard InChI is InChI=1S/C22H22F3N3O2/c1-29-18-12-7-9-14(20(18)30-2)19-15-8-5-6-13-26-21(15)28(27-19)17-11-4-3-10-16(17)22(23,24)25/h3-4,7,9-12,26H,5-6,8,13H2,1-2H3. The van der Waals surface area contributed by atoms with Gasteiger partial charge in [0.25, 0.3) is 0 Å². The summed E-state index contributed by atoms with van der Waals surface area (Å²) in [5.41, 5.74) is 1.40. The van der Waals surface area contributed by atoms with Gasteiger partial charge in [-0.25, -0.2) is 4.68 Å². The van der Waals surface area contributed by atoms with Gasteiger partial charge in [0.15, 0.2) is 11.5 Å². The van der Waals surface area contributed by atoms with E-state index in [0.717, 1.165) is 24.5 Å². The number of benzene rings is 2. The van der Waals surface area contributed by atoms with Crippen LogP contribution >= 0.6 is 0 Å². The molecule has 1 aromatic heterocycles. The predicted molar refractivity (Wildman–Crippen MR) is 109 cm³/mol. The van der Waals surface area contributed by atoms with E-state index in [2.05, 4.69) is 10.4 Å². The predicted octanol–water partition coefficient (Wildman–Crippen LogP) is 5.32. The lowest BCUT2D eigenvalue weighted by Gasteiger charge is -2.15. The normalized spacial score (nSPS) is 13.9. The van der Waals surface area contributed by atoms with Gasteiger partial charge in [0, 0.05) is 17.7 Å². The van der Waals surface area contributed by atoms with E-state index >= 15 is 0 Å². The van der Waals surface area contributed by atoms with Crippen LogP contribution in [0.15, 0.2) is 42.5 Å². The van der Waals surface area contributed by atoms with Gasteiger partial charge in [-0.3, -0.25) is 0 Å². The van der Waals surface area contributed by atoms with Gasteiger partial charge in [0.05, 0.1) is 25.5 Å². The Labute approximate surface area is 172 Å². The monoisotopic (exact) mass is 417 g/mol. The number of nitrogens with one attached hydrogen (secondary N) is 1. The number of rotatable bonds is 4. The van der Waals surface area contributed by atoms with Gasteiger partial charge in [0.1, 0.15) is 11.5 Å². The van der Waals surface area contributed by atoms with E-state index in [1.54, 1.807) is 19.2 Å². The Balaban J connectivity index is 1.99. The molecular formula is C22H22F3N3O2. The molecule has 158 valence electrons. The van der Waals surface area contributed by atoms with E-state index in [-0.39, 0.29) is 5.69 Å². The van der Waals surface area contributed by atoms with Gasteiger partial charge >= 0.3 is 6.18 Å². The van der Waals surface area contributed by atoms with Crippen molar-refractivity contribution >= 4 is 5.82 Å². The highest BCUT2D eigenvalue weighted by molar-refractivity contribution is 5.78. The number of ether oxygens (including phenoxy) is 2. The third-order valence-electron chi connectivity index (χ3n) is 5.23. The molecule has 1 N–H and O–H groups in total. The molecule has 3 aromatic rings. The molecule has 1 aliphatic heterocycles. The Kier molecular flexibility index (Phi) is 5.32. The summed E-state index contributed by atoms with van der Waals surface area (Å²) in [7, 11) is 3.08. The largest absolute Gasteiger partial charge is 0.493 e. The van der Waals surface area contributed by atoms with Crippen LogP contribution in [0.3, 0.4) is 0 Å². The summed E-state index contributed by atoms with van der Waals surface area (Å²) >= 11 is 0. The van der Waals surface area contributed by atoms with Gasteiger partial charge in [0.2, 0.25) is 0 Å². The fraction of sp³-hybridized carbons (Fsp3) is 0.318. The SMILES string of the molecule is COc1cccc(-c2nn(-c3ccccc3C(F)(F)F)c3c2CCCCN3)c1OC. The Morgan fingerprint density at radius 3 is 2.53 bits per heavy atom. The molecule has 0 unspecified atom stereocenters. The number of nitrogens with zero attached hydrogens (tertiary/aromatic N) is 2. The van der Waals surface area contributed by atoms with Gasteiger partial charge < -0.3 is 14.8 Å². The molecular weight excluding hydrogens is 395 g/mol. The number of hydrogen-bond acceptors (Lipinski definition) is 4. The number of halogens is 3. The smallest absolute Gasteiger partial charge is 0.418 e. The molecule has 4 rings (SSSR count). The van der Waals surface area contributed by atoms with Crippen molar-refractivity contribution in [1.29, 1.82) is 0 Å². The first-order valence-electron chi connectivity index (χ1n) is 9.69. The van der Waals surface area contributed by atoms with Crippen LogP contribution in [0.5, 0.6) is 11.5 Å². The van der Waals surface area contributed by atoms with Crippen LogP contribution in [0, 0.1) is 0 Å². The van der Waals surface area contributed by atoms with Crippen LogP contribution in [-0.4, -0.2) is 30.5 Å². The molecule has 0 aliphatic carbocycles. The maximum Gasteiger partial charge on any atom is 0.418 e. The second kappa shape index (κ2) is 7.93. The zero-order valence-electron chi connectivity index (χ0n) is 16.7. The minimum absolute atomic E-state index is 0.0104. The average molecular weight is 417 g/mol. The lowest BCUT2D eigenvalue weighted by atomic mass is 10.0. The quantitative estimate of drug-likeness (QED) is 0.624. The van der Waals surface area contributed by atoms with Gasteiger partial charge in [-0.2, -0.15) is 18.3 Å². The summed E-state index contributed by atoms with van der Waals surface area (Å²) in [6.45, 7) is 0.668. The minimum Gasteiger partial charge on any atom is -0.493 e. The summed E-state index contributed by atoms with van der Waals surface area (Å²) < 4.78 is 53.4. The van der Waals surface area contributed by atoms with Crippen molar-refractivity contribution in [3.63, 3.8) is 0 Å². The summed E-state index contributed by atoms with van der Waals surface area (Å²) in [4.78, 5) is 0. The van der Waals surface area contributed by atoms with Crippen LogP contribution in [0.2, 0.25) is 0 Å². The van der Waals surface area contributed by atoms with Crippen molar-refractivity contribution in [2.75, 3.05) is 26.1 Å². The maximum absolute atomic E-state index is 13.7. The first-order valence-corrected chi connectivity index (χ1v) is 9.69. The lowest BCUT2D eigenvalue weighted by Crippen LogP contribution is -2.14. The molecule has 8 heteroatoms. The van der Waals surface area contributed by atoms with E-state index in [0.29, 0.717) is 41.5 Å². The number of hydrogen-bond donors (Lipinski definition) is 1. The van der Waals surface area contributed by atoms with Crippen LogP contribution in [0.4, 0.5) is 19.0 Å². The number of anilines is 1. The van der Waals surface area contributed by atoms with Crippen molar-refractivity contribution in [2.45, 2.75) is 25.4 Å². The summed E-state index contributed by atoms with van der Waals surface area (Å²) in [5.74, 6) is 1.63. The molecule has 0 amide bonds. The van der Waals surface area contributed by atoms with E-state index in [4.69, 9.17) is 9.47 Å². The average Bonchev–Trinajstić information content (AvgIpc) is 2.92. The van der Waals surface area contributed by atoms with Crippen molar-refractivity contribution in [3.8, 4) is 28.4 Å². The number of alkyl halides is 3. The second-order valence-corrected chi connectivity index (χ2v) is 7.03. The molecule has 0 saturated carbocycles. The summed E-state index contributed by atoms with van der Waals surface area (Å²) in [5, 5.41) is 7.94. The zero-order chi connectivity index (χ0) is 21.3. The third-order valence-corrected chi connectivity index (χ3v) is 5.23. The first kappa shape index (κ1) is 20.1. The number of methoxy groups -OCH3 is 2. The highest BCUT2D eigenvalue weighted by Crippen LogP contribution is 2.43. The molecule has 0 bridgehead atoms. The second-order valence-electron chi connectivity index (χ2n) is 7.03. The molecule has 2 aromatic carbocycles. The molecule has 0 spiro atoms. The molecule has 0 radical (unpaired) electrons. The molecule has 30 heavy (non-hydrogen) atoms. The van der Waals surface area contributed by atoms with Crippen LogP contribution < -0.4 is 14.8 Å². The van der Waals surface area contributed by atoms with Crippen LogP contribution in [-0.2, 0) is 12.6 Å². The van der Waals surface area contributed by atoms with Crippen molar-refractivity contribution in [2.24, 2.45) is 0 Å². The Morgan fingerprint density at radius 1 is 1.00 bits per heavy atom. The highest BCUT2D eigenvalue weighted by atomic mass is 19.4. The number of aromatic nitrogens is 2. The molecule has 2 heterocycles. The molecule has 0 fully saturated rings.